The second-order valence-electron chi connectivity index (χ2n) is 3.54. The molecule has 0 bridgehead atoms. The van der Waals surface area contributed by atoms with Gasteiger partial charge in [0.2, 0.25) is 0 Å². The Morgan fingerprint density at radius 1 is 1.35 bits per heavy atom. The van der Waals surface area contributed by atoms with Crippen LogP contribution in [0.1, 0.15) is 12.2 Å². The fraction of sp³-hybridized carbons (Fsp3) is 0.167. The lowest BCUT2D eigenvalue weighted by atomic mass is 10.0. The van der Waals surface area contributed by atoms with E-state index in [1.165, 1.54) is 12.3 Å². The van der Waals surface area contributed by atoms with Gasteiger partial charge in [0.15, 0.2) is 0 Å². The van der Waals surface area contributed by atoms with Gasteiger partial charge in [-0.3, -0.25) is 4.79 Å². The number of aromatic nitrogens is 1. The lowest BCUT2D eigenvalue weighted by Crippen LogP contribution is -1.97. The van der Waals surface area contributed by atoms with Crippen LogP contribution >= 0.6 is 0 Å². The summed E-state index contributed by atoms with van der Waals surface area (Å²) in [7, 11) is 0. The van der Waals surface area contributed by atoms with Crippen molar-refractivity contribution in [3.63, 3.8) is 0 Å². The molecule has 0 aliphatic rings. The van der Waals surface area contributed by atoms with Gasteiger partial charge in [-0.1, -0.05) is 23.4 Å². The van der Waals surface area contributed by atoms with Crippen LogP contribution in [0.3, 0.4) is 0 Å². The van der Waals surface area contributed by atoms with E-state index in [0.717, 1.165) is 0 Å². The molecule has 0 saturated carbocycles. The highest BCUT2D eigenvalue weighted by atomic mass is 19.1. The van der Waals surface area contributed by atoms with Gasteiger partial charge in [0.05, 0.1) is 12.6 Å². The lowest BCUT2D eigenvalue weighted by Gasteiger charge is -2.01. The van der Waals surface area contributed by atoms with E-state index in [1.807, 2.05) is 0 Å². The Kier molecular flexibility index (Phi) is 3.18. The van der Waals surface area contributed by atoms with Gasteiger partial charge >= 0.3 is 5.97 Å². The Morgan fingerprint density at radius 3 is 2.82 bits per heavy atom. The predicted octanol–water partition coefficient (Wildman–Crippen LogP) is 2.50. The first-order valence-electron chi connectivity index (χ1n) is 5.08. The van der Waals surface area contributed by atoms with Crippen molar-refractivity contribution >= 4 is 5.97 Å². The molecule has 2 aromatic rings. The summed E-state index contributed by atoms with van der Waals surface area (Å²) in [6, 6.07) is 6.23. The van der Waals surface area contributed by atoms with Gasteiger partial charge < -0.3 is 9.63 Å². The van der Waals surface area contributed by atoms with Crippen molar-refractivity contribution in [1.29, 1.82) is 0 Å². The fourth-order valence-corrected chi connectivity index (χ4v) is 1.56. The Morgan fingerprint density at radius 2 is 2.12 bits per heavy atom. The van der Waals surface area contributed by atoms with Crippen LogP contribution < -0.4 is 0 Å². The smallest absolute Gasteiger partial charge is 0.303 e. The van der Waals surface area contributed by atoms with Gasteiger partial charge in [-0.15, -0.1) is 0 Å². The summed E-state index contributed by atoms with van der Waals surface area (Å²) < 4.78 is 18.5. The first-order valence-corrected chi connectivity index (χ1v) is 5.08. The van der Waals surface area contributed by atoms with Crippen LogP contribution in [-0.2, 0) is 11.2 Å². The highest BCUT2D eigenvalue weighted by Crippen LogP contribution is 2.26. The first-order chi connectivity index (χ1) is 8.18. The molecule has 17 heavy (non-hydrogen) atoms. The SMILES string of the molecule is O=C(O)CCc1oncc1-c1ccccc1F. The molecule has 0 atom stereocenters. The van der Waals surface area contributed by atoms with Crippen LogP contribution in [-0.4, -0.2) is 16.2 Å². The molecule has 2 rings (SSSR count). The summed E-state index contributed by atoms with van der Waals surface area (Å²) in [6.07, 6.45) is 1.52. The summed E-state index contributed by atoms with van der Waals surface area (Å²) in [5, 5.41) is 12.2. The highest BCUT2D eigenvalue weighted by molar-refractivity contribution is 5.69. The molecule has 0 spiro atoms. The molecule has 0 unspecified atom stereocenters. The third-order valence-electron chi connectivity index (χ3n) is 2.38. The number of rotatable bonds is 4. The van der Waals surface area contributed by atoms with Crippen molar-refractivity contribution in [2.45, 2.75) is 12.8 Å². The van der Waals surface area contributed by atoms with Crippen molar-refractivity contribution < 1.29 is 18.8 Å². The normalized spacial score (nSPS) is 10.4. The standard InChI is InChI=1S/C12H10FNO3/c13-10-4-2-1-3-8(10)9-7-14-17-11(9)5-6-12(15)16/h1-4,7H,5-6H2,(H,15,16). The molecule has 1 aromatic heterocycles. The third-order valence-corrected chi connectivity index (χ3v) is 2.38. The molecular weight excluding hydrogens is 225 g/mol. The van der Waals surface area contributed by atoms with Crippen molar-refractivity contribution in [2.75, 3.05) is 0 Å². The van der Waals surface area contributed by atoms with Crippen LogP contribution in [0.5, 0.6) is 0 Å². The zero-order chi connectivity index (χ0) is 12.3. The number of carboxylic acids is 1. The zero-order valence-corrected chi connectivity index (χ0v) is 8.89. The predicted molar refractivity (Wildman–Crippen MR) is 57.9 cm³/mol. The van der Waals surface area contributed by atoms with E-state index in [-0.39, 0.29) is 18.7 Å². The molecule has 1 N–H and O–H groups in total. The third kappa shape index (κ3) is 2.50. The minimum atomic E-state index is -0.930. The molecule has 1 aromatic carbocycles. The minimum Gasteiger partial charge on any atom is -0.481 e. The number of carbonyl (C=O) groups is 1. The molecule has 4 nitrogen and oxygen atoms in total. The first kappa shape index (κ1) is 11.3. The molecular formula is C12H10FNO3. The average Bonchev–Trinajstić information content (AvgIpc) is 2.75. The molecule has 88 valence electrons. The molecule has 1 heterocycles. The molecule has 0 aliphatic heterocycles. The number of nitrogens with zero attached hydrogens (tertiary/aromatic N) is 1. The van der Waals surface area contributed by atoms with Crippen LogP contribution in [0, 0.1) is 5.82 Å². The maximum atomic E-state index is 13.5. The van der Waals surface area contributed by atoms with Crippen LogP contribution in [0.15, 0.2) is 35.0 Å². The van der Waals surface area contributed by atoms with Crippen molar-refractivity contribution in [2.24, 2.45) is 0 Å². The van der Waals surface area contributed by atoms with Crippen LogP contribution in [0.25, 0.3) is 11.1 Å². The molecule has 0 radical (unpaired) electrons. The number of aliphatic carboxylic acids is 1. The zero-order valence-electron chi connectivity index (χ0n) is 8.89. The number of aryl methyl sites for hydroxylation is 1. The molecule has 5 heteroatoms. The van der Waals surface area contributed by atoms with E-state index in [9.17, 15) is 9.18 Å². The van der Waals surface area contributed by atoms with Crippen molar-refractivity contribution in [3.8, 4) is 11.1 Å². The Labute approximate surface area is 96.7 Å². The van der Waals surface area contributed by atoms with Gasteiger partial charge in [0.25, 0.3) is 0 Å². The number of hydrogen-bond acceptors (Lipinski definition) is 3. The number of carboxylic acid groups (broad SMARTS) is 1. The van der Waals surface area contributed by atoms with E-state index in [0.29, 0.717) is 16.9 Å². The lowest BCUT2D eigenvalue weighted by molar-refractivity contribution is -0.137. The second-order valence-corrected chi connectivity index (χ2v) is 3.54. The van der Waals surface area contributed by atoms with Crippen LogP contribution in [0.2, 0.25) is 0 Å². The van der Waals surface area contributed by atoms with E-state index in [2.05, 4.69) is 5.16 Å². The highest BCUT2D eigenvalue weighted by Gasteiger charge is 2.14. The molecule has 0 aliphatic carbocycles. The molecule has 0 saturated heterocycles. The summed E-state index contributed by atoms with van der Waals surface area (Å²) in [5.74, 6) is -0.925. The maximum absolute atomic E-state index is 13.5. The second kappa shape index (κ2) is 4.78. The molecule has 0 fully saturated rings. The summed E-state index contributed by atoms with van der Waals surface area (Å²) in [6.45, 7) is 0. The van der Waals surface area contributed by atoms with E-state index >= 15 is 0 Å². The van der Waals surface area contributed by atoms with E-state index in [4.69, 9.17) is 9.63 Å². The molecule has 0 amide bonds. The fourth-order valence-electron chi connectivity index (χ4n) is 1.56. The average molecular weight is 235 g/mol. The van der Waals surface area contributed by atoms with E-state index < -0.39 is 5.97 Å². The van der Waals surface area contributed by atoms with Crippen molar-refractivity contribution in [1.82, 2.24) is 5.16 Å². The number of benzene rings is 1. The minimum absolute atomic E-state index is 0.0728. The number of halogens is 1. The van der Waals surface area contributed by atoms with Crippen LogP contribution in [0.4, 0.5) is 4.39 Å². The van der Waals surface area contributed by atoms with Gasteiger partial charge in [0.1, 0.15) is 11.6 Å². The maximum Gasteiger partial charge on any atom is 0.303 e. The summed E-state index contributed by atoms with van der Waals surface area (Å²) >= 11 is 0. The van der Waals surface area contributed by atoms with E-state index in [1.54, 1.807) is 18.2 Å². The van der Waals surface area contributed by atoms with Gasteiger partial charge in [-0.2, -0.15) is 0 Å². The van der Waals surface area contributed by atoms with Gasteiger partial charge in [-0.25, -0.2) is 4.39 Å². The monoisotopic (exact) mass is 235 g/mol. The Balaban J connectivity index is 2.31. The largest absolute Gasteiger partial charge is 0.481 e. The number of hydrogen-bond donors (Lipinski definition) is 1. The van der Waals surface area contributed by atoms with Gasteiger partial charge in [0, 0.05) is 17.5 Å². The Hall–Kier alpha value is -2.17. The van der Waals surface area contributed by atoms with Gasteiger partial charge in [-0.05, 0) is 6.07 Å². The quantitative estimate of drug-likeness (QED) is 0.884. The summed E-state index contributed by atoms with van der Waals surface area (Å²) in [5.41, 5.74) is 0.874. The Bertz CT molecular complexity index is 536. The topological polar surface area (TPSA) is 63.3 Å². The van der Waals surface area contributed by atoms with Crippen molar-refractivity contribution in [3.05, 3.63) is 42.0 Å². The summed E-state index contributed by atoms with van der Waals surface area (Å²) in [4.78, 5) is 10.5.